The lowest BCUT2D eigenvalue weighted by Crippen LogP contribution is -2.35. The van der Waals surface area contributed by atoms with Gasteiger partial charge in [-0.05, 0) is 40.7 Å². The Bertz CT molecular complexity index is 385. The topological polar surface area (TPSA) is 47.0 Å². The van der Waals surface area contributed by atoms with Gasteiger partial charge in [0.1, 0.15) is 5.82 Å². The van der Waals surface area contributed by atoms with Crippen LogP contribution in [-0.2, 0) is 17.7 Å². The SMILES string of the molecule is COC(C)Cc1nc(C)cc(CNC(C)(C)C)n1. The van der Waals surface area contributed by atoms with Crippen LogP contribution in [0.4, 0.5) is 0 Å². The second-order valence-electron chi connectivity index (χ2n) is 5.77. The van der Waals surface area contributed by atoms with Crippen LogP contribution < -0.4 is 5.32 Å². The highest BCUT2D eigenvalue weighted by Crippen LogP contribution is 2.07. The standard InChI is InChI=1S/C14H25N3O/c1-10-7-12(9-15-14(3,4)5)17-13(16-10)8-11(2)18-6/h7,11,15H,8-9H2,1-6H3. The fourth-order valence-corrected chi connectivity index (χ4v) is 1.58. The molecule has 0 saturated carbocycles. The Hall–Kier alpha value is -1.00. The van der Waals surface area contributed by atoms with Crippen LogP contribution in [-0.4, -0.2) is 28.7 Å². The lowest BCUT2D eigenvalue weighted by molar-refractivity contribution is 0.117. The van der Waals surface area contributed by atoms with Crippen LogP contribution in [0.3, 0.4) is 0 Å². The van der Waals surface area contributed by atoms with Crippen LogP contribution in [0, 0.1) is 6.92 Å². The molecule has 1 atom stereocenters. The van der Waals surface area contributed by atoms with Crippen molar-refractivity contribution in [3.8, 4) is 0 Å². The predicted octanol–water partition coefficient (Wildman–Crippen LogP) is 2.25. The zero-order valence-electron chi connectivity index (χ0n) is 12.4. The third-order valence-corrected chi connectivity index (χ3v) is 2.63. The van der Waals surface area contributed by atoms with Crippen molar-refractivity contribution >= 4 is 0 Å². The highest BCUT2D eigenvalue weighted by Gasteiger charge is 2.11. The lowest BCUT2D eigenvalue weighted by atomic mass is 10.1. The first-order valence-corrected chi connectivity index (χ1v) is 6.41. The zero-order chi connectivity index (χ0) is 13.8. The molecule has 0 aliphatic heterocycles. The van der Waals surface area contributed by atoms with Crippen molar-refractivity contribution in [3.63, 3.8) is 0 Å². The Balaban J connectivity index is 2.74. The number of hydrogen-bond donors (Lipinski definition) is 1. The molecule has 0 bridgehead atoms. The van der Waals surface area contributed by atoms with Crippen LogP contribution in [0.15, 0.2) is 6.07 Å². The Labute approximate surface area is 110 Å². The molecule has 0 saturated heterocycles. The normalized spacial score (nSPS) is 13.7. The number of aromatic nitrogens is 2. The zero-order valence-corrected chi connectivity index (χ0v) is 12.4. The van der Waals surface area contributed by atoms with Gasteiger partial charge in [-0.15, -0.1) is 0 Å². The number of aryl methyl sites for hydroxylation is 1. The summed E-state index contributed by atoms with van der Waals surface area (Å²) in [7, 11) is 1.71. The highest BCUT2D eigenvalue weighted by atomic mass is 16.5. The third-order valence-electron chi connectivity index (χ3n) is 2.63. The average molecular weight is 251 g/mol. The van der Waals surface area contributed by atoms with E-state index in [9.17, 15) is 0 Å². The monoisotopic (exact) mass is 251 g/mol. The van der Waals surface area contributed by atoms with Gasteiger partial charge in [0.25, 0.3) is 0 Å². The number of ether oxygens (including phenoxy) is 1. The Kier molecular flexibility index (Phi) is 5.23. The first kappa shape index (κ1) is 15.1. The van der Waals surface area contributed by atoms with E-state index in [1.54, 1.807) is 7.11 Å². The minimum absolute atomic E-state index is 0.0961. The summed E-state index contributed by atoms with van der Waals surface area (Å²) in [5.41, 5.74) is 2.14. The molecule has 1 N–H and O–H groups in total. The molecule has 18 heavy (non-hydrogen) atoms. The summed E-state index contributed by atoms with van der Waals surface area (Å²) in [6, 6.07) is 2.03. The average Bonchev–Trinajstić information content (AvgIpc) is 2.24. The second-order valence-corrected chi connectivity index (χ2v) is 5.77. The maximum atomic E-state index is 5.25. The van der Waals surface area contributed by atoms with Gasteiger partial charge in [0.15, 0.2) is 0 Å². The molecule has 0 fully saturated rings. The minimum Gasteiger partial charge on any atom is -0.381 e. The van der Waals surface area contributed by atoms with Crippen molar-refractivity contribution in [2.75, 3.05) is 7.11 Å². The van der Waals surface area contributed by atoms with Crippen LogP contribution in [0.25, 0.3) is 0 Å². The van der Waals surface area contributed by atoms with E-state index in [1.807, 2.05) is 19.9 Å². The van der Waals surface area contributed by atoms with E-state index in [-0.39, 0.29) is 11.6 Å². The van der Waals surface area contributed by atoms with Crippen LogP contribution in [0.2, 0.25) is 0 Å². The first-order chi connectivity index (χ1) is 8.30. The fraction of sp³-hybridized carbons (Fsp3) is 0.714. The van der Waals surface area contributed by atoms with Gasteiger partial charge in [0.2, 0.25) is 0 Å². The van der Waals surface area contributed by atoms with Crippen molar-refractivity contribution in [3.05, 3.63) is 23.3 Å². The van der Waals surface area contributed by atoms with E-state index in [0.29, 0.717) is 0 Å². The van der Waals surface area contributed by atoms with Crippen molar-refractivity contribution in [2.24, 2.45) is 0 Å². The highest BCUT2D eigenvalue weighted by molar-refractivity contribution is 5.10. The molecule has 1 rings (SSSR count). The van der Waals surface area contributed by atoms with Crippen molar-refractivity contribution in [1.29, 1.82) is 0 Å². The molecular formula is C14H25N3O. The van der Waals surface area contributed by atoms with E-state index in [2.05, 4.69) is 36.1 Å². The lowest BCUT2D eigenvalue weighted by Gasteiger charge is -2.20. The maximum absolute atomic E-state index is 5.25. The first-order valence-electron chi connectivity index (χ1n) is 6.41. The van der Waals surface area contributed by atoms with Gasteiger partial charge in [-0.3, -0.25) is 0 Å². The predicted molar refractivity (Wildman–Crippen MR) is 73.5 cm³/mol. The van der Waals surface area contributed by atoms with E-state index < -0.39 is 0 Å². The van der Waals surface area contributed by atoms with Gasteiger partial charge in [-0.2, -0.15) is 0 Å². The summed E-state index contributed by atoms with van der Waals surface area (Å²) in [6.07, 6.45) is 0.899. The minimum atomic E-state index is 0.0961. The van der Waals surface area contributed by atoms with E-state index in [0.717, 1.165) is 30.2 Å². The van der Waals surface area contributed by atoms with Crippen LogP contribution in [0.5, 0.6) is 0 Å². The second kappa shape index (κ2) is 6.25. The maximum Gasteiger partial charge on any atom is 0.131 e. The van der Waals surface area contributed by atoms with Gasteiger partial charge >= 0.3 is 0 Å². The summed E-state index contributed by atoms with van der Waals surface area (Å²) in [5, 5.41) is 3.44. The van der Waals surface area contributed by atoms with Crippen LogP contribution >= 0.6 is 0 Å². The van der Waals surface area contributed by atoms with Crippen molar-refractivity contribution < 1.29 is 4.74 Å². The summed E-state index contributed by atoms with van der Waals surface area (Å²) in [5.74, 6) is 0.857. The van der Waals surface area contributed by atoms with Gasteiger partial charge in [-0.25, -0.2) is 9.97 Å². The molecule has 0 amide bonds. The molecule has 1 heterocycles. The van der Waals surface area contributed by atoms with Gasteiger partial charge in [0.05, 0.1) is 11.8 Å². The van der Waals surface area contributed by atoms with Gasteiger partial charge < -0.3 is 10.1 Å². The third kappa shape index (κ3) is 5.56. The molecule has 1 unspecified atom stereocenters. The molecule has 0 aliphatic carbocycles. The van der Waals surface area contributed by atoms with E-state index in [1.165, 1.54) is 0 Å². The molecule has 0 spiro atoms. The Morgan fingerprint density at radius 3 is 2.56 bits per heavy atom. The Morgan fingerprint density at radius 1 is 1.33 bits per heavy atom. The Morgan fingerprint density at radius 2 is 2.00 bits per heavy atom. The quantitative estimate of drug-likeness (QED) is 0.872. The van der Waals surface area contributed by atoms with Crippen molar-refractivity contribution in [2.45, 2.75) is 59.2 Å². The molecule has 1 aromatic heterocycles. The molecule has 0 aromatic carbocycles. The molecule has 0 radical (unpaired) electrons. The molecular weight excluding hydrogens is 226 g/mol. The molecule has 0 aliphatic rings. The number of nitrogens with zero attached hydrogens (tertiary/aromatic N) is 2. The number of rotatable bonds is 5. The molecule has 4 heteroatoms. The van der Waals surface area contributed by atoms with E-state index in [4.69, 9.17) is 4.74 Å². The van der Waals surface area contributed by atoms with Gasteiger partial charge in [0, 0.05) is 31.3 Å². The smallest absolute Gasteiger partial charge is 0.131 e. The number of methoxy groups -OCH3 is 1. The van der Waals surface area contributed by atoms with E-state index >= 15 is 0 Å². The number of nitrogens with one attached hydrogen (secondary N) is 1. The largest absolute Gasteiger partial charge is 0.381 e. The molecule has 102 valence electrons. The summed E-state index contributed by atoms with van der Waals surface area (Å²) in [4.78, 5) is 9.02. The summed E-state index contributed by atoms with van der Waals surface area (Å²) in [6.45, 7) is 11.2. The summed E-state index contributed by atoms with van der Waals surface area (Å²) < 4.78 is 5.25. The summed E-state index contributed by atoms with van der Waals surface area (Å²) >= 11 is 0. The van der Waals surface area contributed by atoms with Gasteiger partial charge in [-0.1, -0.05) is 0 Å². The fourth-order valence-electron chi connectivity index (χ4n) is 1.58. The number of hydrogen-bond acceptors (Lipinski definition) is 4. The van der Waals surface area contributed by atoms with Crippen molar-refractivity contribution in [1.82, 2.24) is 15.3 Å². The molecule has 1 aromatic rings. The molecule has 4 nitrogen and oxygen atoms in total. The van der Waals surface area contributed by atoms with Crippen LogP contribution in [0.1, 0.15) is 44.9 Å².